The van der Waals surface area contributed by atoms with E-state index in [2.05, 4.69) is 16.6 Å². The van der Waals surface area contributed by atoms with Crippen molar-refractivity contribution in [2.24, 2.45) is 0 Å². The van der Waals surface area contributed by atoms with Gasteiger partial charge in [0.15, 0.2) is 6.29 Å². The predicted molar refractivity (Wildman–Crippen MR) is 51.4 cm³/mol. The zero-order valence-corrected chi connectivity index (χ0v) is 8.99. The number of rotatable bonds is 4. The SMILES string of the molecule is CCOC(C)OC(C)C#CC(=O)OC. The monoisotopic (exact) mass is 200 g/mol. The van der Waals surface area contributed by atoms with E-state index in [0.29, 0.717) is 6.61 Å². The molecule has 4 heteroatoms. The Morgan fingerprint density at radius 3 is 2.57 bits per heavy atom. The van der Waals surface area contributed by atoms with Gasteiger partial charge < -0.3 is 14.2 Å². The van der Waals surface area contributed by atoms with E-state index in [0.717, 1.165) is 0 Å². The number of esters is 1. The Morgan fingerprint density at radius 2 is 2.07 bits per heavy atom. The standard InChI is InChI=1S/C10H16O4/c1-5-13-9(3)14-8(2)6-7-10(11)12-4/h8-9H,5H2,1-4H3. The largest absolute Gasteiger partial charge is 0.459 e. The number of hydrogen-bond acceptors (Lipinski definition) is 4. The second-order valence-corrected chi connectivity index (χ2v) is 2.56. The summed E-state index contributed by atoms with van der Waals surface area (Å²) in [4.78, 5) is 10.6. The molecule has 2 atom stereocenters. The number of hydrogen-bond donors (Lipinski definition) is 0. The van der Waals surface area contributed by atoms with Gasteiger partial charge in [0.1, 0.15) is 6.10 Å². The van der Waals surface area contributed by atoms with Crippen LogP contribution < -0.4 is 0 Å². The lowest BCUT2D eigenvalue weighted by Crippen LogP contribution is -2.18. The minimum atomic E-state index is -0.565. The molecule has 0 rings (SSSR count). The molecule has 0 aromatic heterocycles. The normalized spacial score (nSPS) is 13.7. The lowest BCUT2D eigenvalue weighted by atomic mass is 10.4. The van der Waals surface area contributed by atoms with Gasteiger partial charge in [-0.1, -0.05) is 5.92 Å². The molecule has 0 bridgehead atoms. The van der Waals surface area contributed by atoms with Gasteiger partial charge in [-0.3, -0.25) is 0 Å². The van der Waals surface area contributed by atoms with Crippen LogP contribution in [0.1, 0.15) is 20.8 Å². The third-order valence-electron chi connectivity index (χ3n) is 1.36. The molecular weight excluding hydrogens is 184 g/mol. The number of carbonyl (C=O) groups excluding carboxylic acids is 1. The third kappa shape index (κ3) is 6.46. The number of ether oxygens (including phenoxy) is 3. The molecule has 0 aromatic rings. The molecule has 4 nitrogen and oxygen atoms in total. The van der Waals surface area contributed by atoms with Crippen LogP contribution in [0, 0.1) is 11.8 Å². The van der Waals surface area contributed by atoms with Crippen molar-refractivity contribution in [3.63, 3.8) is 0 Å². The Kier molecular flexibility index (Phi) is 6.81. The van der Waals surface area contributed by atoms with Crippen molar-refractivity contribution >= 4 is 5.97 Å². The highest BCUT2D eigenvalue weighted by atomic mass is 16.7. The van der Waals surface area contributed by atoms with Crippen LogP contribution in [0.2, 0.25) is 0 Å². The van der Waals surface area contributed by atoms with Crippen LogP contribution >= 0.6 is 0 Å². The molecule has 0 aliphatic rings. The van der Waals surface area contributed by atoms with E-state index in [-0.39, 0.29) is 12.4 Å². The van der Waals surface area contributed by atoms with E-state index in [1.165, 1.54) is 7.11 Å². The molecule has 0 fully saturated rings. The van der Waals surface area contributed by atoms with Gasteiger partial charge in [0.05, 0.1) is 7.11 Å². The van der Waals surface area contributed by atoms with E-state index in [4.69, 9.17) is 9.47 Å². The van der Waals surface area contributed by atoms with E-state index in [9.17, 15) is 4.79 Å². The Morgan fingerprint density at radius 1 is 1.43 bits per heavy atom. The van der Waals surface area contributed by atoms with Gasteiger partial charge in [0.2, 0.25) is 0 Å². The molecule has 0 N–H and O–H groups in total. The number of methoxy groups -OCH3 is 1. The van der Waals surface area contributed by atoms with Crippen molar-refractivity contribution in [2.45, 2.75) is 33.2 Å². The zero-order chi connectivity index (χ0) is 11.0. The van der Waals surface area contributed by atoms with Gasteiger partial charge in [-0.15, -0.1) is 0 Å². The smallest absolute Gasteiger partial charge is 0.384 e. The van der Waals surface area contributed by atoms with Crippen LogP contribution in [0.25, 0.3) is 0 Å². The van der Waals surface area contributed by atoms with Crippen LogP contribution in [0.4, 0.5) is 0 Å². The molecule has 0 spiro atoms. The summed E-state index contributed by atoms with van der Waals surface area (Å²) in [6.45, 7) is 5.98. The topological polar surface area (TPSA) is 44.8 Å². The van der Waals surface area contributed by atoms with Crippen molar-refractivity contribution in [3.8, 4) is 11.8 Å². The predicted octanol–water partition coefficient (Wildman–Crippen LogP) is 0.950. The fourth-order valence-corrected chi connectivity index (χ4v) is 0.807. The Bertz CT molecular complexity index is 226. The number of carbonyl (C=O) groups is 1. The molecule has 80 valence electrons. The third-order valence-corrected chi connectivity index (χ3v) is 1.36. The maximum Gasteiger partial charge on any atom is 0.384 e. The van der Waals surface area contributed by atoms with E-state index >= 15 is 0 Å². The van der Waals surface area contributed by atoms with Gasteiger partial charge in [0, 0.05) is 12.5 Å². The molecule has 0 aliphatic heterocycles. The highest BCUT2D eigenvalue weighted by Crippen LogP contribution is 1.98. The van der Waals surface area contributed by atoms with Crippen molar-refractivity contribution in [1.29, 1.82) is 0 Å². The summed E-state index contributed by atoms with van der Waals surface area (Å²) in [5, 5.41) is 0. The quantitative estimate of drug-likeness (QED) is 0.293. The van der Waals surface area contributed by atoms with Gasteiger partial charge in [0.25, 0.3) is 0 Å². The molecule has 0 aromatic carbocycles. The average molecular weight is 200 g/mol. The van der Waals surface area contributed by atoms with Crippen molar-refractivity contribution in [2.75, 3.05) is 13.7 Å². The first-order valence-electron chi connectivity index (χ1n) is 4.46. The maximum absolute atomic E-state index is 10.6. The van der Waals surface area contributed by atoms with Crippen molar-refractivity contribution in [1.82, 2.24) is 0 Å². The van der Waals surface area contributed by atoms with Crippen LogP contribution in [-0.4, -0.2) is 32.1 Å². The summed E-state index contributed by atoms with van der Waals surface area (Å²) in [5.41, 5.74) is 0. The van der Waals surface area contributed by atoms with Gasteiger partial charge in [-0.25, -0.2) is 4.79 Å². The van der Waals surface area contributed by atoms with Gasteiger partial charge in [-0.05, 0) is 20.8 Å². The summed E-state index contributed by atoms with van der Waals surface area (Å²) in [5.74, 6) is 4.32. The minimum absolute atomic E-state index is 0.318. The highest BCUT2D eigenvalue weighted by molar-refractivity contribution is 5.88. The van der Waals surface area contributed by atoms with Crippen LogP contribution in [0.3, 0.4) is 0 Å². The first kappa shape index (κ1) is 12.9. The summed E-state index contributed by atoms with van der Waals surface area (Å²) >= 11 is 0. The molecule has 2 unspecified atom stereocenters. The minimum Gasteiger partial charge on any atom is -0.459 e. The summed E-state index contributed by atoms with van der Waals surface area (Å²) in [7, 11) is 1.28. The zero-order valence-electron chi connectivity index (χ0n) is 8.99. The first-order chi connectivity index (χ1) is 6.60. The second kappa shape index (κ2) is 7.36. The first-order valence-corrected chi connectivity index (χ1v) is 4.46. The van der Waals surface area contributed by atoms with Crippen LogP contribution in [0.15, 0.2) is 0 Å². The van der Waals surface area contributed by atoms with Gasteiger partial charge in [-0.2, -0.15) is 0 Å². The van der Waals surface area contributed by atoms with Crippen molar-refractivity contribution < 1.29 is 19.0 Å². The summed E-state index contributed by atoms with van der Waals surface area (Å²) < 4.78 is 14.8. The fraction of sp³-hybridized carbons (Fsp3) is 0.700. The second-order valence-electron chi connectivity index (χ2n) is 2.56. The molecule has 0 aliphatic carbocycles. The molecule has 0 saturated heterocycles. The Hall–Kier alpha value is -1.05. The van der Waals surface area contributed by atoms with Crippen LogP contribution in [-0.2, 0) is 19.0 Å². The Balaban J connectivity index is 3.88. The molecule has 0 amide bonds. The Labute approximate surface area is 84.5 Å². The average Bonchev–Trinajstić information content (AvgIpc) is 2.14. The van der Waals surface area contributed by atoms with E-state index in [1.807, 2.05) is 6.92 Å². The molecular formula is C10H16O4. The summed E-state index contributed by atoms with van der Waals surface area (Å²) in [6.07, 6.45) is -0.669. The summed E-state index contributed by atoms with van der Waals surface area (Å²) in [6, 6.07) is 0. The molecule has 0 radical (unpaired) electrons. The molecule has 0 saturated carbocycles. The lowest BCUT2D eigenvalue weighted by molar-refractivity contribution is -0.140. The van der Waals surface area contributed by atoms with Crippen molar-refractivity contribution in [3.05, 3.63) is 0 Å². The highest BCUT2D eigenvalue weighted by Gasteiger charge is 2.05. The lowest BCUT2D eigenvalue weighted by Gasteiger charge is -2.14. The van der Waals surface area contributed by atoms with E-state index in [1.54, 1.807) is 13.8 Å². The maximum atomic E-state index is 10.6. The fourth-order valence-electron chi connectivity index (χ4n) is 0.807. The van der Waals surface area contributed by atoms with Crippen LogP contribution in [0.5, 0.6) is 0 Å². The molecule has 14 heavy (non-hydrogen) atoms. The van der Waals surface area contributed by atoms with E-state index < -0.39 is 5.97 Å². The van der Waals surface area contributed by atoms with Gasteiger partial charge >= 0.3 is 5.97 Å². The molecule has 0 heterocycles.